The maximum Gasteiger partial charge on any atom is 0.133 e. The van der Waals surface area contributed by atoms with Gasteiger partial charge >= 0.3 is 0 Å². The number of benzene rings is 1. The first-order chi connectivity index (χ1) is 15.6. The van der Waals surface area contributed by atoms with Gasteiger partial charge in [-0.2, -0.15) is 0 Å². The minimum Gasteiger partial charge on any atom is -0.378 e. The number of rotatable bonds is 9. The molecular weight excluding hydrogens is 402 g/mol. The average Bonchev–Trinajstić information content (AvgIpc) is 2.80. The molecule has 0 N–H and O–H groups in total. The maximum atomic E-state index is 15.6. The quantitative estimate of drug-likeness (QED) is 0.345. The molecule has 5 atom stereocenters. The highest BCUT2D eigenvalue weighted by Gasteiger charge is 2.38. The summed E-state index contributed by atoms with van der Waals surface area (Å²) in [7, 11) is 0. The molecule has 0 bridgehead atoms. The zero-order valence-electron chi connectivity index (χ0n) is 20.4. The Kier molecular flexibility index (Phi) is 8.65. The average molecular weight is 447 g/mol. The normalized spacial score (nSPS) is 30.1. The van der Waals surface area contributed by atoms with Crippen molar-refractivity contribution >= 4 is 0 Å². The van der Waals surface area contributed by atoms with Gasteiger partial charge in [-0.3, -0.25) is 0 Å². The second-order valence-electron chi connectivity index (χ2n) is 11.0. The number of ether oxygens (including phenoxy) is 1. The molecule has 0 aliphatic heterocycles. The van der Waals surface area contributed by atoms with Gasteiger partial charge in [-0.25, -0.2) is 8.78 Å². The molecular formula is C29H44F2O. The van der Waals surface area contributed by atoms with Crippen molar-refractivity contribution in [2.45, 2.75) is 122 Å². The van der Waals surface area contributed by atoms with E-state index >= 15 is 8.78 Å². The molecule has 0 radical (unpaired) electrons. The van der Waals surface area contributed by atoms with Crippen LogP contribution in [0.1, 0.15) is 120 Å². The second kappa shape index (κ2) is 11.4. The van der Waals surface area contributed by atoms with Crippen LogP contribution in [0.3, 0.4) is 0 Å². The highest BCUT2D eigenvalue weighted by atomic mass is 19.1. The number of hydrogen-bond donors (Lipinski definition) is 0. The summed E-state index contributed by atoms with van der Waals surface area (Å²) in [6, 6.07) is 1.72. The van der Waals surface area contributed by atoms with E-state index in [0.29, 0.717) is 29.4 Å². The Hall–Kier alpha value is -0.960. The van der Waals surface area contributed by atoms with Gasteiger partial charge in [0, 0.05) is 12.2 Å². The van der Waals surface area contributed by atoms with E-state index in [0.717, 1.165) is 81.9 Å². The molecule has 0 spiro atoms. The van der Waals surface area contributed by atoms with Crippen LogP contribution in [-0.4, -0.2) is 12.7 Å². The summed E-state index contributed by atoms with van der Waals surface area (Å²) in [5.74, 6) is 1.49. The van der Waals surface area contributed by atoms with Gasteiger partial charge in [-0.05, 0) is 105 Å². The first-order valence-corrected chi connectivity index (χ1v) is 13.7. The third-order valence-corrected chi connectivity index (χ3v) is 8.76. The van der Waals surface area contributed by atoms with Crippen molar-refractivity contribution < 1.29 is 13.5 Å². The number of halogens is 2. The predicted molar refractivity (Wildman–Crippen MR) is 128 cm³/mol. The third-order valence-electron chi connectivity index (χ3n) is 8.76. The van der Waals surface area contributed by atoms with Crippen molar-refractivity contribution in [2.75, 3.05) is 6.61 Å². The summed E-state index contributed by atoms with van der Waals surface area (Å²) in [5, 5.41) is 0. The summed E-state index contributed by atoms with van der Waals surface area (Å²) in [4.78, 5) is 0. The Balaban J connectivity index is 1.39. The van der Waals surface area contributed by atoms with E-state index in [1.54, 1.807) is 6.07 Å². The third kappa shape index (κ3) is 5.57. The summed E-state index contributed by atoms with van der Waals surface area (Å²) < 4.78 is 36.9. The van der Waals surface area contributed by atoms with Crippen LogP contribution in [0.15, 0.2) is 6.07 Å². The fourth-order valence-corrected chi connectivity index (χ4v) is 6.96. The van der Waals surface area contributed by atoms with E-state index in [1.165, 1.54) is 32.1 Å². The van der Waals surface area contributed by atoms with Crippen molar-refractivity contribution in [3.05, 3.63) is 34.4 Å². The lowest BCUT2D eigenvalue weighted by Crippen LogP contribution is -2.34. The Labute approximate surface area is 194 Å². The molecule has 0 heterocycles. The van der Waals surface area contributed by atoms with E-state index in [4.69, 9.17) is 4.74 Å². The van der Waals surface area contributed by atoms with E-state index in [1.807, 2.05) is 0 Å². The molecule has 3 heteroatoms. The molecule has 0 amide bonds. The fraction of sp³-hybridized carbons (Fsp3) is 0.793. The first kappa shape index (κ1) is 24.2. The molecule has 180 valence electrons. The first-order valence-electron chi connectivity index (χ1n) is 13.7. The van der Waals surface area contributed by atoms with Gasteiger partial charge in [0.05, 0.1) is 6.10 Å². The number of unbranched alkanes of at least 4 members (excludes halogenated alkanes) is 3. The van der Waals surface area contributed by atoms with Crippen LogP contribution in [0.2, 0.25) is 0 Å². The minimum atomic E-state index is -0.267. The smallest absolute Gasteiger partial charge is 0.133 e. The summed E-state index contributed by atoms with van der Waals surface area (Å²) >= 11 is 0. The zero-order valence-corrected chi connectivity index (χ0v) is 20.4. The molecule has 3 aliphatic rings. The van der Waals surface area contributed by atoms with Crippen LogP contribution in [0.5, 0.6) is 0 Å². The molecule has 5 unspecified atom stereocenters. The van der Waals surface area contributed by atoms with Gasteiger partial charge in [-0.1, -0.05) is 46.0 Å². The van der Waals surface area contributed by atoms with Crippen molar-refractivity contribution in [3.63, 3.8) is 0 Å². The monoisotopic (exact) mass is 446 g/mol. The van der Waals surface area contributed by atoms with Crippen LogP contribution in [0.4, 0.5) is 8.78 Å². The molecule has 1 nitrogen and oxygen atoms in total. The van der Waals surface area contributed by atoms with Gasteiger partial charge in [0.1, 0.15) is 11.6 Å². The molecule has 3 aliphatic carbocycles. The standard InChI is InChI=1S/C29H44F2O/c1-3-5-6-7-8-20-9-14-26-24(16-20)19-27(30)28(29(26)31)23-11-10-22-18-25(32-15-4-2)13-12-21(22)17-23/h19-23,25H,3-18H2,1-2H3. The topological polar surface area (TPSA) is 9.23 Å². The number of fused-ring (bicyclic) bond motifs is 2. The molecule has 0 aromatic heterocycles. The van der Waals surface area contributed by atoms with Gasteiger partial charge in [-0.15, -0.1) is 0 Å². The molecule has 2 fully saturated rings. The Morgan fingerprint density at radius 1 is 0.906 bits per heavy atom. The molecule has 1 aromatic carbocycles. The molecule has 4 rings (SSSR count). The van der Waals surface area contributed by atoms with Gasteiger partial charge in [0.2, 0.25) is 0 Å². The van der Waals surface area contributed by atoms with Crippen LogP contribution in [-0.2, 0) is 17.6 Å². The lowest BCUT2D eigenvalue weighted by molar-refractivity contribution is -0.0150. The SMILES string of the molecule is CCCCCCC1CCc2c(cc(F)c(C3CCC4CC(OCCC)CCC4C3)c2F)C1. The van der Waals surface area contributed by atoms with Gasteiger partial charge in [0.25, 0.3) is 0 Å². The summed E-state index contributed by atoms with van der Waals surface area (Å²) in [5.41, 5.74) is 2.22. The van der Waals surface area contributed by atoms with Crippen molar-refractivity contribution in [1.82, 2.24) is 0 Å². The lowest BCUT2D eigenvalue weighted by Gasteiger charge is -2.42. The van der Waals surface area contributed by atoms with E-state index < -0.39 is 0 Å². The number of hydrogen-bond acceptors (Lipinski definition) is 1. The largest absolute Gasteiger partial charge is 0.378 e. The van der Waals surface area contributed by atoms with Crippen molar-refractivity contribution in [2.24, 2.45) is 17.8 Å². The summed E-state index contributed by atoms with van der Waals surface area (Å²) in [6.45, 7) is 5.25. The lowest BCUT2D eigenvalue weighted by atomic mass is 9.65. The Morgan fingerprint density at radius 3 is 2.53 bits per heavy atom. The van der Waals surface area contributed by atoms with Gasteiger partial charge < -0.3 is 4.74 Å². The fourth-order valence-electron chi connectivity index (χ4n) is 6.96. The summed E-state index contributed by atoms with van der Waals surface area (Å²) in [6.07, 6.45) is 16.9. The van der Waals surface area contributed by atoms with Gasteiger partial charge in [0.15, 0.2) is 0 Å². The molecule has 0 saturated heterocycles. The minimum absolute atomic E-state index is 0.0569. The second-order valence-corrected chi connectivity index (χ2v) is 11.0. The van der Waals surface area contributed by atoms with E-state index in [2.05, 4.69) is 13.8 Å². The van der Waals surface area contributed by atoms with Crippen LogP contribution in [0, 0.1) is 29.4 Å². The van der Waals surface area contributed by atoms with Crippen LogP contribution < -0.4 is 0 Å². The van der Waals surface area contributed by atoms with E-state index in [9.17, 15) is 0 Å². The molecule has 1 aromatic rings. The zero-order chi connectivity index (χ0) is 22.5. The van der Waals surface area contributed by atoms with Crippen molar-refractivity contribution in [1.29, 1.82) is 0 Å². The maximum absolute atomic E-state index is 15.6. The molecule has 2 saturated carbocycles. The van der Waals surface area contributed by atoms with Crippen LogP contribution >= 0.6 is 0 Å². The predicted octanol–water partition coefficient (Wildman–Crippen LogP) is 8.52. The van der Waals surface area contributed by atoms with E-state index in [-0.39, 0.29) is 17.6 Å². The highest BCUT2D eigenvalue weighted by molar-refractivity contribution is 5.39. The Bertz CT molecular complexity index is 745. The molecule has 32 heavy (non-hydrogen) atoms. The highest BCUT2D eigenvalue weighted by Crippen LogP contribution is 2.48. The Morgan fingerprint density at radius 2 is 1.72 bits per heavy atom. The van der Waals surface area contributed by atoms with Crippen molar-refractivity contribution in [3.8, 4) is 0 Å². The van der Waals surface area contributed by atoms with Crippen LogP contribution in [0.25, 0.3) is 0 Å².